The fourth-order valence-corrected chi connectivity index (χ4v) is 3.55. The van der Waals surface area contributed by atoms with Crippen LogP contribution in [0, 0.1) is 0 Å². The monoisotopic (exact) mass is 410 g/mol. The molecule has 6 nitrogen and oxygen atoms in total. The van der Waals surface area contributed by atoms with E-state index in [0.717, 1.165) is 25.7 Å². The van der Waals surface area contributed by atoms with E-state index in [1.54, 1.807) is 48.5 Å². The van der Waals surface area contributed by atoms with E-state index in [9.17, 15) is 9.59 Å². The first-order valence-electron chi connectivity index (χ1n) is 10.7. The zero-order valence-corrected chi connectivity index (χ0v) is 17.5. The van der Waals surface area contributed by atoms with Gasteiger partial charge in [-0.25, -0.2) is 0 Å². The summed E-state index contributed by atoms with van der Waals surface area (Å²) in [5.74, 6) is 0.265. The Labute approximate surface area is 178 Å². The van der Waals surface area contributed by atoms with Gasteiger partial charge < -0.3 is 20.1 Å². The van der Waals surface area contributed by atoms with E-state index in [4.69, 9.17) is 9.47 Å². The van der Waals surface area contributed by atoms with Crippen molar-refractivity contribution < 1.29 is 19.1 Å². The second-order valence-corrected chi connectivity index (χ2v) is 7.42. The van der Waals surface area contributed by atoms with Crippen molar-refractivity contribution in [1.82, 2.24) is 5.32 Å². The molecule has 1 fully saturated rings. The number of carbonyl (C=O) groups is 2. The third kappa shape index (κ3) is 6.59. The molecule has 160 valence electrons. The lowest BCUT2D eigenvalue weighted by Crippen LogP contribution is -2.36. The molecule has 0 aromatic heterocycles. The fraction of sp³-hybridized carbons (Fsp3) is 0.417. The largest absolute Gasteiger partial charge is 0.491 e. The van der Waals surface area contributed by atoms with Crippen molar-refractivity contribution in [2.75, 3.05) is 25.1 Å². The van der Waals surface area contributed by atoms with Crippen molar-refractivity contribution >= 4 is 17.5 Å². The van der Waals surface area contributed by atoms with Crippen molar-refractivity contribution in [3.63, 3.8) is 0 Å². The molecular formula is C24H30N2O4. The lowest BCUT2D eigenvalue weighted by atomic mass is 9.95. The Morgan fingerprint density at radius 2 is 1.67 bits per heavy atom. The van der Waals surface area contributed by atoms with Gasteiger partial charge in [-0.2, -0.15) is 0 Å². The highest BCUT2D eigenvalue weighted by Crippen LogP contribution is 2.19. The van der Waals surface area contributed by atoms with Gasteiger partial charge in [0.15, 0.2) is 0 Å². The normalized spacial score (nSPS) is 14.2. The van der Waals surface area contributed by atoms with E-state index >= 15 is 0 Å². The number of hydrogen-bond donors (Lipinski definition) is 2. The molecule has 0 radical (unpaired) electrons. The van der Waals surface area contributed by atoms with Crippen molar-refractivity contribution in [3.8, 4) is 5.75 Å². The summed E-state index contributed by atoms with van der Waals surface area (Å²) in [7, 11) is 0. The molecule has 2 aromatic rings. The summed E-state index contributed by atoms with van der Waals surface area (Å²) in [5.41, 5.74) is 1.62. The molecule has 0 unspecified atom stereocenters. The van der Waals surface area contributed by atoms with Gasteiger partial charge in [-0.05, 0) is 56.2 Å². The fourth-order valence-electron chi connectivity index (χ4n) is 3.55. The van der Waals surface area contributed by atoms with Gasteiger partial charge in [-0.1, -0.05) is 31.4 Å². The summed E-state index contributed by atoms with van der Waals surface area (Å²) in [6.07, 6.45) is 5.63. The van der Waals surface area contributed by atoms with Crippen LogP contribution < -0.4 is 15.4 Å². The molecule has 2 N–H and O–H groups in total. The van der Waals surface area contributed by atoms with Gasteiger partial charge in [-0.3, -0.25) is 9.59 Å². The highest BCUT2D eigenvalue weighted by Gasteiger charge is 2.17. The second-order valence-electron chi connectivity index (χ2n) is 7.42. The van der Waals surface area contributed by atoms with Crippen LogP contribution in [0.15, 0.2) is 48.5 Å². The molecule has 0 heterocycles. The van der Waals surface area contributed by atoms with Crippen molar-refractivity contribution in [2.24, 2.45) is 0 Å². The minimum Gasteiger partial charge on any atom is -0.491 e. The van der Waals surface area contributed by atoms with Crippen molar-refractivity contribution in [2.45, 2.75) is 45.1 Å². The predicted molar refractivity (Wildman–Crippen MR) is 117 cm³/mol. The number of anilines is 1. The molecule has 1 aliphatic carbocycles. The van der Waals surface area contributed by atoms with Gasteiger partial charge >= 0.3 is 0 Å². The molecule has 1 aliphatic rings. The van der Waals surface area contributed by atoms with Crippen LogP contribution in [0.1, 0.15) is 59.7 Å². The number of nitrogens with one attached hydrogen (secondary N) is 2. The summed E-state index contributed by atoms with van der Waals surface area (Å²) < 4.78 is 10.9. The third-order valence-corrected chi connectivity index (χ3v) is 5.12. The topological polar surface area (TPSA) is 76.7 Å². The van der Waals surface area contributed by atoms with E-state index in [-0.39, 0.29) is 17.9 Å². The van der Waals surface area contributed by atoms with E-state index in [1.807, 2.05) is 6.92 Å². The van der Waals surface area contributed by atoms with Crippen LogP contribution in [0.2, 0.25) is 0 Å². The van der Waals surface area contributed by atoms with Crippen LogP contribution >= 0.6 is 0 Å². The highest BCUT2D eigenvalue weighted by molar-refractivity contribution is 6.05. The molecule has 30 heavy (non-hydrogen) atoms. The van der Waals surface area contributed by atoms with Crippen LogP contribution in [0.3, 0.4) is 0 Å². The molecule has 0 atom stereocenters. The third-order valence-electron chi connectivity index (χ3n) is 5.12. The molecule has 6 heteroatoms. The Bertz CT molecular complexity index is 847. The maximum Gasteiger partial charge on any atom is 0.255 e. The molecule has 2 aromatic carbocycles. The van der Waals surface area contributed by atoms with Crippen LogP contribution in [0.25, 0.3) is 0 Å². The molecule has 2 amide bonds. The molecule has 3 rings (SSSR count). The average Bonchev–Trinajstić information content (AvgIpc) is 2.78. The number of benzene rings is 2. The van der Waals surface area contributed by atoms with Gasteiger partial charge in [-0.15, -0.1) is 0 Å². The molecule has 0 saturated heterocycles. The summed E-state index contributed by atoms with van der Waals surface area (Å²) in [5, 5.41) is 5.97. The summed E-state index contributed by atoms with van der Waals surface area (Å²) >= 11 is 0. The Balaban J connectivity index is 1.58. The average molecular weight is 411 g/mol. The number of ether oxygens (including phenoxy) is 2. The molecule has 0 spiro atoms. The van der Waals surface area contributed by atoms with Gasteiger partial charge in [0, 0.05) is 29.5 Å². The quantitative estimate of drug-likeness (QED) is 0.600. The van der Waals surface area contributed by atoms with Crippen LogP contribution in [0.4, 0.5) is 5.69 Å². The maximum absolute atomic E-state index is 12.6. The van der Waals surface area contributed by atoms with Gasteiger partial charge in [0.1, 0.15) is 12.4 Å². The van der Waals surface area contributed by atoms with Crippen molar-refractivity contribution in [1.29, 1.82) is 0 Å². The standard InChI is InChI=1S/C24H30N2O4/c1-2-29-14-15-30-22-13-7-9-19(17-22)24(28)26-21-12-6-8-18(16-21)23(27)25-20-10-4-3-5-11-20/h6-9,12-13,16-17,20H,2-5,10-11,14-15H2,1H3,(H,25,27)(H,26,28). The molecular weight excluding hydrogens is 380 g/mol. The first-order chi connectivity index (χ1) is 14.7. The zero-order valence-electron chi connectivity index (χ0n) is 17.5. The summed E-state index contributed by atoms with van der Waals surface area (Å²) in [4.78, 5) is 25.2. The van der Waals surface area contributed by atoms with Gasteiger partial charge in [0.2, 0.25) is 0 Å². The number of hydrogen-bond acceptors (Lipinski definition) is 4. The Morgan fingerprint density at radius 3 is 2.43 bits per heavy atom. The lowest BCUT2D eigenvalue weighted by molar-refractivity contribution is 0.0926. The Kier molecular flexibility index (Phi) is 8.27. The maximum atomic E-state index is 12.6. The number of rotatable bonds is 9. The Hall–Kier alpha value is -2.86. The second kappa shape index (κ2) is 11.4. The van der Waals surface area contributed by atoms with E-state index in [0.29, 0.717) is 42.4 Å². The van der Waals surface area contributed by atoms with Crippen LogP contribution in [0.5, 0.6) is 5.75 Å². The van der Waals surface area contributed by atoms with Crippen molar-refractivity contribution in [3.05, 3.63) is 59.7 Å². The minimum absolute atomic E-state index is 0.0947. The van der Waals surface area contributed by atoms with Crippen LogP contribution in [-0.2, 0) is 4.74 Å². The Morgan fingerprint density at radius 1 is 0.933 bits per heavy atom. The number of carbonyl (C=O) groups excluding carboxylic acids is 2. The minimum atomic E-state index is -0.255. The summed E-state index contributed by atoms with van der Waals surface area (Å²) in [6.45, 7) is 3.50. The molecule has 0 aliphatic heterocycles. The van der Waals surface area contributed by atoms with E-state index in [1.165, 1.54) is 6.42 Å². The highest BCUT2D eigenvalue weighted by atomic mass is 16.5. The first-order valence-corrected chi connectivity index (χ1v) is 10.7. The van der Waals surface area contributed by atoms with Crippen LogP contribution in [-0.4, -0.2) is 37.7 Å². The lowest BCUT2D eigenvalue weighted by Gasteiger charge is -2.22. The summed E-state index contributed by atoms with van der Waals surface area (Å²) in [6, 6.07) is 14.3. The zero-order chi connectivity index (χ0) is 21.2. The van der Waals surface area contributed by atoms with Gasteiger partial charge in [0.05, 0.1) is 6.61 Å². The van der Waals surface area contributed by atoms with Gasteiger partial charge in [0.25, 0.3) is 11.8 Å². The number of amides is 2. The smallest absolute Gasteiger partial charge is 0.255 e. The molecule has 1 saturated carbocycles. The first kappa shape index (κ1) is 21.8. The SMILES string of the molecule is CCOCCOc1cccc(C(=O)Nc2cccc(C(=O)NC3CCCCC3)c2)c1. The predicted octanol–water partition coefficient (Wildman–Crippen LogP) is 4.42. The molecule has 0 bridgehead atoms. The van der Waals surface area contributed by atoms with E-state index in [2.05, 4.69) is 10.6 Å². The van der Waals surface area contributed by atoms with E-state index < -0.39 is 0 Å².